The minimum absolute atomic E-state index is 0.507. The van der Waals surface area contributed by atoms with Gasteiger partial charge in [-0.1, -0.05) is 0 Å². The lowest BCUT2D eigenvalue weighted by molar-refractivity contribution is 0.0581. The Morgan fingerprint density at radius 3 is 3.15 bits per heavy atom. The first-order valence-electron chi connectivity index (χ1n) is 5.01. The van der Waals surface area contributed by atoms with Crippen molar-refractivity contribution in [2.45, 2.75) is 31.3 Å². The van der Waals surface area contributed by atoms with E-state index in [4.69, 9.17) is 4.74 Å². The van der Waals surface area contributed by atoms with Crippen LogP contribution in [0.3, 0.4) is 0 Å². The van der Waals surface area contributed by atoms with E-state index >= 15 is 0 Å². The number of nitrogens with one attached hydrogen (secondary N) is 1. The van der Waals surface area contributed by atoms with Crippen LogP contribution in [0.1, 0.15) is 25.7 Å². The summed E-state index contributed by atoms with van der Waals surface area (Å²) in [5, 5.41) is 13.3. The number of ether oxygens (including phenoxy) is 1. The third kappa shape index (κ3) is 2.23. The largest absolute Gasteiger partial charge is 0.501 e. The molecule has 0 amide bonds. The SMILES string of the molecule is OC1(CC2=COCCC2)CCNC1. The highest BCUT2D eigenvalue weighted by Gasteiger charge is 2.32. The lowest BCUT2D eigenvalue weighted by Crippen LogP contribution is -2.32. The molecule has 2 heterocycles. The molecule has 13 heavy (non-hydrogen) atoms. The minimum Gasteiger partial charge on any atom is -0.501 e. The average Bonchev–Trinajstić information content (AvgIpc) is 2.54. The number of hydrogen-bond acceptors (Lipinski definition) is 3. The Hall–Kier alpha value is -0.540. The van der Waals surface area contributed by atoms with Gasteiger partial charge in [0.25, 0.3) is 0 Å². The fourth-order valence-electron chi connectivity index (χ4n) is 2.05. The molecule has 1 fully saturated rings. The molecule has 0 aromatic carbocycles. The molecule has 0 aromatic heterocycles. The molecule has 3 heteroatoms. The van der Waals surface area contributed by atoms with Crippen molar-refractivity contribution in [3.8, 4) is 0 Å². The monoisotopic (exact) mass is 183 g/mol. The van der Waals surface area contributed by atoms with E-state index in [0.717, 1.165) is 45.4 Å². The van der Waals surface area contributed by atoms with Gasteiger partial charge < -0.3 is 15.2 Å². The Balaban J connectivity index is 1.92. The van der Waals surface area contributed by atoms with Gasteiger partial charge in [0.1, 0.15) is 0 Å². The summed E-state index contributed by atoms with van der Waals surface area (Å²) in [7, 11) is 0. The van der Waals surface area contributed by atoms with Crippen LogP contribution in [-0.2, 0) is 4.74 Å². The minimum atomic E-state index is -0.507. The van der Waals surface area contributed by atoms with Gasteiger partial charge in [-0.2, -0.15) is 0 Å². The maximum absolute atomic E-state index is 10.1. The molecule has 74 valence electrons. The van der Waals surface area contributed by atoms with Gasteiger partial charge in [-0.15, -0.1) is 0 Å². The molecule has 2 N–H and O–H groups in total. The standard InChI is InChI=1S/C10H17NO2/c12-10(3-4-11-8-10)6-9-2-1-5-13-7-9/h7,11-12H,1-6,8H2. The van der Waals surface area contributed by atoms with Crippen molar-refractivity contribution in [3.63, 3.8) is 0 Å². The fraction of sp³-hybridized carbons (Fsp3) is 0.800. The van der Waals surface area contributed by atoms with Gasteiger partial charge in [-0.25, -0.2) is 0 Å². The summed E-state index contributed by atoms with van der Waals surface area (Å²) >= 11 is 0. The number of β-amino-alcohol motifs (C(OH)–C–C–N with tert-alkyl or cyclic N) is 1. The van der Waals surface area contributed by atoms with Crippen LogP contribution in [0.25, 0.3) is 0 Å². The molecule has 2 aliphatic rings. The zero-order valence-electron chi connectivity index (χ0n) is 7.88. The fourth-order valence-corrected chi connectivity index (χ4v) is 2.05. The van der Waals surface area contributed by atoms with E-state index in [1.54, 1.807) is 0 Å². The molecule has 0 spiro atoms. The van der Waals surface area contributed by atoms with Crippen molar-refractivity contribution < 1.29 is 9.84 Å². The molecule has 0 aromatic rings. The maximum atomic E-state index is 10.1. The summed E-state index contributed by atoms with van der Waals surface area (Å²) < 4.78 is 5.24. The van der Waals surface area contributed by atoms with E-state index in [1.807, 2.05) is 6.26 Å². The quantitative estimate of drug-likeness (QED) is 0.665. The molecule has 1 unspecified atom stereocenters. The Kier molecular flexibility index (Phi) is 2.56. The van der Waals surface area contributed by atoms with E-state index in [9.17, 15) is 5.11 Å². The van der Waals surface area contributed by atoms with Crippen molar-refractivity contribution in [3.05, 3.63) is 11.8 Å². The van der Waals surface area contributed by atoms with Crippen molar-refractivity contribution in [1.82, 2.24) is 5.32 Å². The zero-order valence-corrected chi connectivity index (χ0v) is 7.88. The highest BCUT2D eigenvalue weighted by molar-refractivity contribution is 5.07. The third-order valence-corrected chi connectivity index (χ3v) is 2.79. The van der Waals surface area contributed by atoms with E-state index in [1.165, 1.54) is 5.57 Å². The highest BCUT2D eigenvalue weighted by atomic mass is 16.5. The van der Waals surface area contributed by atoms with E-state index in [-0.39, 0.29) is 0 Å². The molecule has 1 saturated heterocycles. The molecule has 0 bridgehead atoms. The Labute approximate surface area is 78.8 Å². The summed E-state index contributed by atoms with van der Waals surface area (Å²) in [6.07, 6.45) is 5.65. The zero-order chi connectivity index (χ0) is 9.15. The topological polar surface area (TPSA) is 41.5 Å². The summed E-state index contributed by atoms with van der Waals surface area (Å²) in [4.78, 5) is 0. The van der Waals surface area contributed by atoms with Crippen molar-refractivity contribution in [2.24, 2.45) is 0 Å². The van der Waals surface area contributed by atoms with Crippen molar-refractivity contribution in [2.75, 3.05) is 19.7 Å². The molecule has 0 saturated carbocycles. The van der Waals surface area contributed by atoms with Gasteiger partial charge in [0.05, 0.1) is 18.5 Å². The van der Waals surface area contributed by atoms with Crippen LogP contribution >= 0.6 is 0 Å². The second-order valence-electron chi connectivity index (χ2n) is 4.08. The lowest BCUT2D eigenvalue weighted by atomic mass is 9.92. The molecule has 1 atom stereocenters. The highest BCUT2D eigenvalue weighted by Crippen LogP contribution is 2.27. The van der Waals surface area contributed by atoms with Crippen molar-refractivity contribution >= 4 is 0 Å². The van der Waals surface area contributed by atoms with Gasteiger partial charge >= 0.3 is 0 Å². The number of rotatable bonds is 2. The van der Waals surface area contributed by atoms with E-state index in [0.29, 0.717) is 0 Å². The number of hydrogen-bond donors (Lipinski definition) is 2. The van der Waals surface area contributed by atoms with Crippen LogP contribution in [0.2, 0.25) is 0 Å². The first-order chi connectivity index (χ1) is 6.29. The predicted octanol–water partition coefficient (Wildman–Crippen LogP) is 0.795. The summed E-state index contributed by atoms with van der Waals surface area (Å²) in [5.74, 6) is 0. The third-order valence-electron chi connectivity index (χ3n) is 2.79. The Bertz CT molecular complexity index is 207. The van der Waals surface area contributed by atoms with Crippen molar-refractivity contribution in [1.29, 1.82) is 0 Å². The van der Waals surface area contributed by atoms with Gasteiger partial charge in [0.15, 0.2) is 0 Å². The lowest BCUT2D eigenvalue weighted by Gasteiger charge is -2.24. The molecular weight excluding hydrogens is 166 g/mol. The smallest absolute Gasteiger partial charge is 0.0876 e. The van der Waals surface area contributed by atoms with E-state index in [2.05, 4.69) is 5.32 Å². The molecule has 0 radical (unpaired) electrons. The second kappa shape index (κ2) is 3.68. The van der Waals surface area contributed by atoms with Crippen LogP contribution in [0.15, 0.2) is 11.8 Å². The summed E-state index contributed by atoms with van der Waals surface area (Å²) in [6.45, 7) is 2.50. The number of aliphatic hydroxyl groups is 1. The Morgan fingerprint density at radius 2 is 2.54 bits per heavy atom. The van der Waals surface area contributed by atoms with Gasteiger partial charge in [-0.3, -0.25) is 0 Å². The normalized spacial score (nSPS) is 34.1. The molecule has 2 aliphatic heterocycles. The molecule has 3 nitrogen and oxygen atoms in total. The van der Waals surface area contributed by atoms with Crippen LogP contribution in [-0.4, -0.2) is 30.4 Å². The molecular formula is C10H17NO2. The van der Waals surface area contributed by atoms with Crippen LogP contribution in [0, 0.1) is 0 Å². The predicted molar refractivity (Wildman–Crippen MR) is 50.3 cm³/mol. The van der Waals surface area contributed by atoms with Gasteiger partial charge in [-0.05, 0) is 31.4 Å². The van der Waals surface area contributed by atoms with Crippen LogP contribution < -0.4 is 5.32 Å². The van der Waals surface area contributed by atoms with Gasteiger partial charge in [0.2, 0.25) is 0 Å². The first-order valence-corrected chi connectivity index (χ1v) is 5.01. The van der Waals surface area contributed by atoms with Crippen LogP contribution in [0.4, 0.5) is 0 Å². The summed E-state index contributed by atoms with van der Waals surface area (Å²) in [5.41, 5.74) is 0.754. The Morgan fingerprint density at radius 1 is 1.62 bits per heavy atom. The first kappa shape index (κ1) is 9.03. The molecule has 0 aliphatic carbocycles. The van der Waals surface area contributed by atoms with E-state index < -0.39 is 5.60 Å². The molecule has 2 rings (SSSR count). The maximum Gasteiger partial charge on any atom is 0.0876 e. The summed E-state index contributed by atoms with van der Waals surface area (Å²) in [6, 6.07) is 0. The van der Waals surface area contributed by atoms with Crippen LogP contribution in [0.5, 0.6) is 0 Å². The average molecular weight is 183 g/mol. The second-order valence-corrected chi connectivity index (χ2v) is 4.08. The van der Waals surface area contributed by atoms with Gasteiger partial charge in [0, 0.05) is 13.0 Å².